The summed E-state index contributed by atoms with van der Waals surface area (Å²) >= 11 is 1.55. The number of nitrogens with one attached hydrogen (secondary N) is 3. The van der Waals surface area contributed by atoms with Gasteiger partial charge in [-0.2, -0.15) is 5.10 Å². The maximum absolute atomic E-state index is 13.3. The second-order valence-corrected chi connectivity index (χ2v) is 11.1. The van der Waals surface area contributed by atoms with Crippen LogP contribution in [0.1, 0.15) is 65.6 Å². The van der Waals surface area contributed by atoms with Crippen LogP contribution in [-0.2, 0) is 24.7 Å². The molecule has 2 aliphatic carbocycles. The molecule has 0 saturated heterocycles. The quantitative estimate of drug-likeness (QED) is 0.439. The van der Waals surface area contributed by atoms with E-state index in [0.717, 1.165) is 42.8 Å². The molecule has 3 N–H and O–H groups in total. The molecule has 1 saturated carbocycles. The van der Waals surface area contributed by atoms with Gasteiger partial charge >= 0.3 is 0 Å². The van der Waals surface area contributed by atoms with Crippen molar-refractivity contribution in [2.45, 2.75) is 58.9 Å². The van der Waals surface area contributed by atoms with Crippen LogP contribution in [0.4, 0.5) is 16.8 Å². The van der Waals surface area contributed by atoms with Crippen molar-refractivity contribution in [3.8, 4) is 0 Å². The van der Waals surface area contributed by atoms with E-state index in [4.69, 9.17) is 0 Å². The molecular weight excluding hydrogens is 464 g/mol. The van der Waals surface area contributed by atoms with Gasteiger partial charge in [-0.05, 0) is 50.5 Å². The molecule has 0 spiro atoms. The lowest BCUT2D eigenvalue weighted by molar-refractivity contribution is -0.117. The van der Waals surface area contributed by atoms with Crippen molar-refractivity contribution >= 4 is 39.9 Å². The molecule has 1 fully saturated rings. The smallest absolute Gasteiger partial charge is 0.254 e. The zero-order chi connectivity index (χ0) is 24.7. The maximum Gasteiger partial charge on any atom is 0.254 e. The highest BCUT2D eigenvalue weighted by atomic mass is 32.1. The van der Waals surface area contributed by atoms with Crippen molar-refractivity contribution in [2.24, 2.45) is 18.9 Å². The normalized spacial score (nSPS) is 17.3. The minimum Gasteiger partial charge on any atom is -0.352 e. The van der Waals surface area contributed by atoms with Crippen molar-refractivity contribution in [1.82, 2.24) is 29.9 Å². The van der Waals surface area contributed by atoms with Gasteiger partial charge in [0.15, 0.2) is 0 Å². The van der Waals surface area contributed by atoms with Crippen LogP contribution in [-0.4, -0.2) is 42.9 Å². The Labute approximate surface area is 208 Å². The molecule has 5 rings (SSSR count). The average molecular weight is 497 g/mol. The Morgan fingerprint density at radius 1 is 1.26 bits per heavy atom. The number of rotatable bonds is 8. The van der Waals surface area contributed by atoms with Gasteiger partial charge in [-0.3, -0.25) is 18.8 Å². The van der Waals surface area contributed by atoms with E-state index in [1.165, 1.54) is 4.88 Å². The summed E-state index contributed by atoms with van der Waals surface area (Å²) in [5, 5.41) is 23.0. The Hall–Kier alpha value is -3.21. The van der Waals surface area contributed by atoms with Gasteiger partial charge in [0.05, 0.1) is 11.3 Å². The Balaban J connectivity index is 1.42. The van der Waals surface area contributed by atoms with E-state index in [1.54, 1.807) is 22.3 Å². The predicted octanol–water partition coefficient (Wildman–Crippen LogP) is 3.59. The van der Waals surface area contributed by atoms with Gasteiger partial charge in [0.25, 0.3) is 5.91 Å². The highest BCUT2D eigenvalue weighted by molar-refractivity contribution is 7.17. The van der Waals surface area contributed by atoms with E-state index in [2.05, 4.69) is 45.1 Å². The first-order valence-electron chi connectivity index (χ1n) is 12.2. The Morgan fingerprint density at radius 3 is 2.74 bits per heavy atom. The molecule has 3 aromatic heterocycles. The molecule has 3 heterocycles. The number of hydrogen-bond acceptors (Lipinski definition) is 7. The van der Waals surface area contributed by atoms with Crippen molar-refractivity contribution in [3.63, 3.8) is 0 Å². The van der Waals surface area contributed by atoms with Gasteiger partial charge in [0.1, 0.15) is 17.1 Å². The first-order valence-corrected chi connectivity index (χ1v) is 13.0. The van der Waals surface area contributed by atoms with Crippen molar-refractivity contribution < 1.29 is 9.59 Å². The minimum absolute atomic E-state index is 0.0230. The van der Waals surface area contributed by atoms with Gasteiger partial charge in [0.2, 0.25) is 11.9 Å². The second-order valence-electron chi connectivity index (χ2n) is 9.95. The van der Waals surface area contributed by atoms with E-state index < -0.39 is 0 Å². The van der Waals surface area contributed by atoms with Gasteiger partial charge in [-0.1, -0.05) is 13.8 Å². The van der Waals surface area contributed by atoms with Crippen LogP contribution in [0.25, 0.3) is 0 Å². The summed E-state index contributed by atoms with van der Waals surface area (Å²) in [5.74, 6) is 1.80. The lowest BCUT2D eigenvalue weighted by Crippen LogP contribution is -2.30. The standard InChI is InChI=1S/C24H32N8O2S/c1-13(2)11-25-22(34)20-17-10-16(7-8-18(17)35-23(20)28-21(33)15-5-6-15)32-12-26-29-24(32)27-19-9-14(3)30-31(19)4/h9,12-13,15-16H,5-8,10-11H2,1-4H3,(H,25,34)(H,27,29)(H,28,33). The Kier molecular flexibility index (Phi) is 6.35. The first kappa shape index (κ1) is 23.5. The third-order valence-corrected chi connectivity index (χ3v) is 7.73. The third kappa shape index (κ3) is 4.95. The number of thiophene rings is 1. The summed E-state index contributed by atoms with van der Waals surface area (Å²) < 4.78 is 3.82. The Bertz CT molecular complexity index is 1250. The zero-order valence-corrected chi connectivity index (χ0v) is 21.4. The first-order chi connectivity index (χ1) is 16.8. The fourth-order valence-corrected chi connectivity index (χ4v) is 5.76. The molecule has 1 atom stereocenters. The maximum atomic E-state index is 13.3. The van der Waals surface area contributed by atoms with Crippen LogP contribution in [0.15, 0.2) is 12.4 Å². The number of aryl methyl sites for hydroxylation is 3. The molecule has 0 aromatic carbocycles. The van der Waals surface area contributed by atoms with Crippen LogP contribution in [0.3, 0.4) is 0 Å². The van der Waals surface area contributed by atoms with Gasteiger partial charge in [-0.25, -0.2) is 0 Å². The van der Waals surface area contributed by atoms with Crippen LogP contribution in [0.2, 0.25) is 0 Å². The molecular formula is C24H32N8O2S. The lowest BCUT2D eigenvalue weighted by atomic mass is 9.91. The minimum atomic E-state index is -0.115. The van der Waals surface area contributed by atoms with Gasteiger partial charge in [-0.15, -0.1) is 21.5 Å². The molecule has 2 amide bonds. The fraction of sp³-hybridized carbons (Fsp3) is 0.542. The number of carbonyl (C=O) groups excluding carboxylic acids is 2. The average Bonchev–Trinajstić information content (AvgIpc) is 3.35. The fourth-order valence-electron chi connectivity index (χ4n) is 4.52. The molecule has 3 aromatic rings. The summed E-state index contributed by atoms with van der Waals surface area (Å²) in [6, 6.07) is 2.05. The number of hydrogen-bond donors (Lipinski definition) is 3. The monoisotopic (exact) mass is 496 g/mol. The topological polar surface area (TPSA) is 119 Å². The van der Waals surface area contributed by atoms with Crippen LogP contribution < -0.4 is 16.0 Å². The second kappa shape index (κ2) is 9.44. The van der Waals surface area contributed by atoms with Crippen molar-refractivity contribution in [1.29, 1.82) is 0 Å². The number of carbonyl (C=O) groups is 2. The summed E-state index contributed by atoms with van der Waals surface area (Å²) in [4.78, 5) is 27.0. The zero-order valence-electron chi connectivity index (χ0n) is 20.6. The molecule has 0 bridgehead atoms. The van der Waals surface area contributed by atoms with E-state index in [9.17, 15) is 9.59 Å². The molecule has 186 valence electrons. The molecule has 10 nitrogen and oxygen atoms in total. The molecule has 0 radical (unpaired) electrons. The van der Waals surface area contributed by atoms with Gasteiger partial charge < -0.3 is 16.0 Å². The van der Waals surface area contributed by atoms with Crippen molar-refractivity contribution in [3.05, 3.63) is 34.1 Å². The van der Waals surface area contributed by atoms with E-state index in [0.29, 0.717) is 35.4 Å². The number of fused-ring (bicyclic) bond motifs is 1. The molecule has 1 unspecified atom stereocenters. The number of anilines is 3. The lowest BCUT2D eigenvalue weighted by Gasteiger charge is -2.25. The highest BCUT2D eigenvalue weighted by Gasteiger charge is 2.34. The summed E-state index contributed by atoms with van der Waals surface area (Å²) in [7, 11) is 1.88. The van der Waals surface area contributed by atoms with E-state index in [1.807, 2.05) is 24.6 Å². The molecule has 2 aliphatic rings. The van der Waals surface area contributed by atoms with Crippen LogP contribution in [0.5, 0.6) is 0 Å². The summed E-state index contributed by atoms with van der Waals surface area (Å²) in [6.07, 6.45) is 5.99. The molecule has 35 heavy (non-hydrogen) atoms. The summed E-state index contributed by atoms with van der Waals surface area (Å²) in [5.41, 5.74) is 2.56. The number of nitrogens with zero attached hydrogens (tertiary/aromatic N) is 5. The van der Waals surface area contributed by atoms with Crippen LogP contribution >= 0.6 is 11.3 Å². The van der Waals surface area contributed by atoms with Crippen LogP contribution in [0, 0.1) is 18.8 Å². The van der Waals surface area contributed by atoms with Gasteiger partial charge in [0, 0.05) is 36.5 Å². The van der Waals surface area contributed by atoms with Crippen molar-refractivity contribution in [2.75, 3.05) is 17.2 Å². The predicted molar refractivity (Wildman–Crippen MR) is 135 cm³/mol. The molecule has 0 aliphatic heterocycles. The van der Waals surface area contributed by atoms with E-state index in [-0.39, 0.29) is 23.8 Å². The summed E-state index contributed by atoms with van der Waals surface area (Å²) in [6.45, 7) is 6.67. The molecule has 11 heteroatoms. The largest absolute Gasteiger partial charge is 0.352 e. The number of amides is 2. The SMILES string of the molecule is Cc1cc(Nc2nncn2C2CCc3sc(NC(=O)C4CC4)c(C(=O)NCC(C)C)c3C2)n(C)n1. The van der Waals surface area contributed by atoms with E-state index >= 15 is 0 Å². The third-order valence-electron chi connectivity index (χ3n) is 6.53. The Morgan fingerprint density at radius 2 is 2.06 bits per heavy atom. The highest BCUT2D eigenvalue weighted by Crippen LogP contribution is 2.42. The number of aromatic nitrogens is 5.